The molecule has 1 fully saturated rings. The molecule has 0 N–H and O–H groups in total. The summed E-state index contributed by atoms with van der Waals surface area (Å²) in [4.78, 5) is 17.7. The number of piperazine rings is 1. The van der Waals surface area contributed by atoms with Crippen LogP contribution in [0.25, 0.3) is 10.6 Å². The van der Waals surface area contributed by atoms with Crippen LogP contribution in [0.1, 0.15) is 6.92 Å². The number of rotatable bonds is 7. The van der Waals surface area contributed by atoms with E-state index in [1.807, 2.05) is 65.7 Å². The molecule has 1 aliphatic rings. The summed E-state index contributed by atoms with van der Waals surface area (Å²) in [5.74, 6) is 2.05. The highest BCUT2D eigenvalue weighted by Gasteiger charge is 2.23. The molecule has 8 heteroatoms. The van der Waals surface area contributed by atoms with E-state index in [4.69, 9.17) is 9.47 Å². The molecular weight excluding hydrogens is 400 g/mol. The molecule has 156 valence electrons. The van der Waals surface area contributed by atoms with Crippen LogP contribution in [0.4, 0.5) is 5.82 Å². The molecule has 3 aromatic rings. The van der Waals surface area contributed by atoms with Gasteiger partial charge in [0.1, 0.15) is 5.69 Å². The molecule has 1 aliphatic heterocycles. The number of hydrogen-bond acceptors (Lipinski definition) is 7. The van der Waals surface area contributed by atoms with Crippen molar-refractivity contribution in [3.8, 4) is 22.1 Å². The zero-order valence-corrected chi connectivity index (χ0v) is 17.7. The Morgan fingerprint density at radius 1 is 0.967 bits per heavy atom. The molecule has 0 aliphatic carbocycles. The van der Waals surface area contributed by atoms with Crippen molar-refractivity contribution in [2.75, 3.05) is 44.3 Å². The first-order chi connectivity index (χ1) is 14.7. The molecule has 0 atom stereocenters. The SMILES string of the molecule is CCOc1ccccc1OCC(=O)N1CCN(c2ccc(-c3cccs3)nn2)CC1. The quantitative estimate of drug-likeness (QED) is 0.580. The summed E-state index contributed by atoms with van der Waals surface area (Å²) in [6.45, 7) is 5.16. The minimum atomic E-state index is -0.0277. The lowest BCUT2D eigenvalue weighted by atomic mass is 10.3. The number of hydrogen-bond donors (Lipinski definition) is 0. The molecule has 1 saturated heterocycles. The zero-order chi connectivity index (χ0) is 20.8. The van der Waals surface area contributed by atoms with Crippen LogP contribution in [0.3, 0.4) is 0 Å². The van der Waals surface area contributed by atoms with Crippen molar-refractivity contribution in [2.24, 2.45) is 0 Å². The van der Waals surface area contributed by atoms with Crippen LogP contribution in [0.5, 0.6) is 11.5 Å². The Hall–Kier alpha value is -3.13. The van der Waals surface area contributed by atoms with Gasteiger partial charge >= 0.3 is 0 Å². The van der Waals surface area contributed by atoms with E-state index in [1.165, 1.54) is 0 Å². The van der Waals surface area contributed by atoms with Crippen molar-refractivity contribution in [1.29, 1.82) is 0 Å². The molecule has 7 nitrogen and oxygen atoms in total. The second-order valence-corrected chi connectivity index (χ2v) is 7.74. The van der Waals surface area contributed by atoms with Crippen LogP contribution < -0.4 is 14.4 Å². The number of carbonyl (C=O) groups excluding carboxylic acids is 1. The van der Waals surface area contributed by atoms with Gasteiger partial charge in [-0.05, 0) is 42.6 Å². The first kappa shape index (κ1) is 20.2. The van der Waals surface area contributed by atoms with E-state index < -0.39 is 0 Å². The minimum Gasteiger partial charge on any atom is -0.490 e. The van der Waals surface area contributed by atoms with E-state index in [-0.39, 0.29) is 12.5 Å². The van der Waals surface area contributed by atoms with Crippen molar-refractivity contribution in [1.82, 2.24) is 15.1 Å². The van der Waals surface area contributed by atoms with Crippen molar-refractivity contribution >= 4 is 23.1 Å². The summed E-state index contributed by atoms with van der Waals surface area (Å²) in [5, 5.41) is 10.7. The van der Waals surface area contributed by atoms with Crippen molar-refractivity contribution in [3.05, 3.63) is 53.9 Å². The van der Waals surface area contributed by atoms with Crippen LogP contribution in [-0.2, 0) is 4.79 Å². The highest BCUT2D eigenvalue weighted by atomic mass is 32.1. The summed E-state index contributed by atoms with van der Waals surface area (Å²) >= 11 is 1.65. The van der Waals surface area contributed by atoms with E-state index >= 15 is 0 Å². The maximum Gasteiger partial charge on any atom is 0.260 e. The number of aromatic nitrogens is 2. The number of nitrogens with zero attached hydrogens (tertiary/aromatic N) is 4. The zero-order valence-electron chi connectivity index (χ0n) is 16.9. The van der Waals surface area contributed by atoms with Crippen LogP contribution in [-0.4, -0.2) is 60.4 Å². The standard InChI is InChI=1S/C22H24N4O3S/c1-2-28-18-6-3-4-7-19(18)29-16-22(27)26-13-11-25(12-14-26)21-10-9-17(23-24-21)20-8-5-15-30-20/h3-10,15H,2,11-14,16H2,1H3. The van der Waals surface area contributed by atoms with Crippen molar-refractivity contribution < 1.29 is 14.3 Å². The lowest BCUT2D eigenvalue weighted by Gasteiger charge is -2.35. The first-order valence-corrected chi connectivity index (χ1v) is 10.9. The van der Waals surface area contributed by atoms with E-state index in [2.05, 4.69) is 15.1 Å². The number of anilines is 1. The van der Waals surface area contributed by atoms with Gasteiger partial charge in [-0.1, -0.05) is 18.2 Å². The Bertz CT molecular complexity index is 955. The molecule has 0 saturated carbocycles. The van der Waals surface area contributed by atoms with Crippen LogP contribution in [0.15, 0.2) is 53.9 Å². The third-order valence-electron chi connectivity index (χ3n) is 4.88. The molecule has 0 spiro atoms. The minimum absolute atomic E-state index is 0.000591. The van der Waals surface area contributed by atoms with Crippen molar-refractivity contribution in [3.63, 3.8) is 0 Å². The second kappa shape index (κ2) is 9.58. The molecule has 4 rings (SSSR count). The number of ether oxygens (including phenoxy) is 2. The smallest absolute Gasteiger partial charge is 0.260 e. The van der Waals surface area contributed by atoms with Crippen LogP contribution in [0, 0.1) is 0 Å². The number of para-hydroxylation sites is 2. The molecule has 2 aromatic heterocycles. The molecule has 30 heavy (non-hydrogen) atoms. The highest BCUT2D eigenvalue weighted by molar-refractivity contribution is 7.13. The number of carbonyl (C=O) groups is 1. The summed E-state index contributed by atoms with van der Waals surface area (Å²) < 4.78 is 11.3. The Morgan fingerprint density at radius 3 is 2.37 bits per heavy atom. The van der Waals surface area contributed by atoms with Crippen LogP contribution >= 0.6 is 11.3 Å². The van der Waals surface area contributed by atoms with E-state index in [9.17, 15) is 4.79 Å². The maximum atomic E-state index is 12.6. The Kier molecular flexibility index (Phi) is 6.44. The Labute approximate surface area is 179 Å². The van der Waals surface area contributed by atoms with Crippen molar-refractivity contribution in [2.45, 2.75) is 6.92 Å². The van der Waals surface area contributed by atoms with Gasteiger partial charge < -0.3 is 19.3 Å². The molecule has 0 radical (unpaired) electrons. The lowest BCUT2D eigenvalue weighted by molar-refractivity contribution is -0.133. The Balaban J connectivity index is 1.28. The fourth-order valence-electron chi connectivity index (χ4n) is 3.31. The van der Waals surface area contributed by atoms with E-state index in [0.717, 1.165) is 16.4 Å². The number of thiophene rings is 1. The Morgan fingerprint density at radius 2 is 1.73 bits per heavy atom. The highest BCUT2D eigenvalue weighted by Crippen LogP contribution is 2.26. The molecule has 3 heterocycles. The van der Waals surface area contributed by atoms with E-state index in [1.54, 1.807) is 11.3 Å². The number of benzene rings is 1. The van der Waals surface area contributed by atoms with Gasteiger partial charge in [-0.25, -0.2) is 0 Å². The topological polar surface area (TPSA) is 67.8 Å². The first-order valence-electron chi connectivity index (χ1n) is 9.99. The van der Waals surface area contributed by atoms with E-state index in [0.29, 0.717) is 44.3 Å². The predicted octanol–water partition coefficient (Wildman–Crippen LogP) is 3.33. The van der Waals surface area contributed by atoms with Gasteiger partial charge in [0.15, 0.2) is 23.9 Å². The van der Waals surface area contributed by atoms with Gasteiger partial charge in [0.2, 0.25) is 0 Å². The molecule has 1 aromatic carbocycles. The monoisotopic (exact) mass is 424 g/mol. The van der Waals surface area contributed by atoms with Gasteiger partial charge in [-0.3, -0.25) is 4.79 Å². The molecule has 1 amide bonds. The van der Waals surface area contributed by atoms with Gasteiger partial charge in [0, 0.05) is 26.2 Å². The number of amides is 1. The summed E-state index contributed by atoms with van der Waals surface area (Å²) in [6.07, 6.45) is 0. The third kappa shape index (κ3) is 4.71. The van der Waals surface area contributed by atoms with Gasteiger partial charge in [-0.2, -0.15) is 0 Å². The average Bonchev–Trinajstić information content (AvgIpc) is 3.34. The molecular formula is C22H24N4O3S. The largest absolute Gasteiger partial charge is 0.490 e. The predicted molar refractivity (Wildman–Crippen MR) is 117 cm³/mol. The summed E-state index contributed by atoms with van der Waals surface area (Å²) in [5.41, 5.74) is 0.882. The molecule has 0 bridgehead atoms. The summed E-state index contributed by atoms with van der Waals surface area (Å²) in [6, 6.07) is 15.4. The van der Waals surface area contributed by atoms with Gasteiger partial charge in [0.05, 0.1) is 11.5 Å². The lowest BCUT2D eigenvalue weighted by Crippen LogP contribution is -2.50. The van der Waals surface area contributed by atoms with Gasteiger partial charge in [-0.15, -0.1) is 21.5 Å². The average molecular weight is 425 g/mol. The third-order valence-corrected chi connectivity index (χ3v) is 5.77. The fourth-order valence-corrected chi connectivity index (χ4v) is 4.00. The molecule has 0 unspecified atom stereocenters. The summed E-state index contributed by atoms with van der Waals surface area (Å²) in [7, 11) is 0. The normalized spacial score (nSPS) is 13.9. The maximum absolute atomic E-state index is 12.6. The fraction of sp³-hybridized carbons (Fsp3) is 0.318. The van der Waals surface area contributed by atoms with Crippen LogP contribution in [0.2, 0.25) is 0 Å². The second-order valence-electron chi connectivity index (χ2n) is 6.79. The van der Waals surface area contributed by atoms with Gasteiger partial charge in [0.25, 0.3) is 5.91 Å².